The average Bonchev–Trinajstić information content (AvgIpc) is 3.63. The fourth-order valence-corrected chi connectivity index (χ4v) is 11.5. The summed E-state index contributed by atoms with van der Waals surface area (Å²) in [5.41, 5.74) is 0. The molecule has 19 heteroatoms. The van der Waals surface area contributed by atoms with E-state index in [4.69, 9.17) is 37.0 Å². The fourth-order valence-electron chi connectivity index (χ4n) is 9.87. The number of aliphatic hydroxyl groups excluding tert-OH is 1. The quantitative estimate of drug-likeness (QED) is 0.0169. The van der Waals surface area contributed by atoms with Gasteiger partial charge in [-0.1, -0.05) is 271 Å². The monoisotopic (exact) mass is 1290 g/mol. The highest BCUT2D eigenvalue weighted by Gasteiger charge is 2.30. The van der Waals surface area contributed by atoms with Crippen molar-refractivity contribution in [3.63, 3.8) is 0 Å². The van der Waals surface area contributed by atoms with Crippen LogP contribution in [-0.2, 0) is 65.4 Å². The predicted octanol–water partition coefficient (Wildman–Crippen LogP) is 19.2. The van der Waals surface area contributed by atoms with E-state index in [0.29, 0.717) is 31.6 Å². The Kier molecular flexibility index (Phi) is 59.1. The molecule has 0 aromatic heterocycles. The number of allylic oxidation sites excluding steroid dienone is 4. The Morgan fingerprint density at radius 1 is 0.352 bits per heavy atom. The molecule has 0 amide bonds. The summed E-state index contributed by atoms with van der Waals surface area (Å²) < 4.78 is 68.1. The lowest BCUT2D eigenvalue weighted by atomic mass is 10.0. The lowest BCUT2D eigenvalue weighted by Gasteiger charge is -2.21. The first-order chi connectivity index (χ1) is 42.4. The van der Waals surface area contributed by atoms with Crippen molar-refractivity contribution in [2.24, 2.45) is 11.8 Å². The van der Waals surface area contributed by atoms with Crippen LogP contribution in [0.1, 0.15) is 324 Å². The first kappa shape index (κ1) is 85.5. The van der Waals surface area contributed by atoms with E-state index in [1.165, 1.54) is 122 Å². The maximum atomic E-state index is 13.0. The first-order valence-electron chi connectivity index (χ1n) is 35.3. The van der Waals surface area contributed by atoms with Gasteiger partial charge in [0.15, 0.2) is 12.2 Å². The maximum Gasteiger partial charge on any atom is 0.472 e. The van der Waals surface area contributed by atoms with E-state index in [-0.39, 0.29) is 25.7 Å². The molecule has 2 unspecified atom stereocenters. The number of carbonyl (C=O) groups excluding carboxylic acids is 4. The Hall–Kier alpha value is -2.46. The topological polar surface area (TPSA) is 237 Å². The van der Waals surface area contributed by atoms with E-state index in [1.807, 2.05) is 0 Å². The minimum Gasteiger partial charge on any atom is -0.462 e. The molecule has 0 spiro atoms. The van der Waals surface area contributed by atoms with Crippen molar-refractivity contribution in [2.45, 2.75) is 342 Å². The lowest BCUT2D eigenvalue weighted by Crippen LogP contribution is -2.30. The smallest absolute Gasteiger partial charge is 0.462 e. The van der Waals surface area contributed by atoms with Crippen molar-refractivity contribution in [2.75, 3.05) is 39.6 Å². The van der Waals surface area contributed by atoms with Gasteiger partial charge in [0, 0.05) is 25.7 Å². The van der Waals surface area contributed by atoms with E-state index < -0.39 is 97.5 Å². The minimum absolute atomic E-state index is 0.0846. The summed E-state index contributed by atoms with van der Waals surface area (Å²) >= 11 is 0. The Labute approximate surface area is 535 Å². The Balaban J connectivity index is 5.27. The van der Waals surface area contributed by atoms with E-state index in [2.05, 4.69) is 65.8 Å². The molecule has 0 rings (SSSR count). The minimum atomic E-state index is -4.96. The van der Waals surface area contributed by atoms with Gasteiger partial charge in [0.25, 0.3) is 0 Å². The molecule has 0 aliphatic carbocycles. The molecule has 0 aliphatic heterocycles. The number of rotatable bonds is 66. The van der Waals surface area contributed by atoms with Crippen LogP contribution in [0, 0.1) is 11.8 Å². The molecular weight excluding hydrogens is 1160 g/mol. The molecule has 88 heavy (non-hydrogen) atoms. The highest BCUT2D eigenvalue weighted by atomic mass is 31.2. The number of esters is 4. The van der Waals surface area contributed by atoms with Crippen LogP contribution in [0.5, 0.6) is 0 Å². The second-order valence-electron chi connectivity index (χ2n) is 25.2. The third-order valence-corrected chi connectivity index (χ3v) is 17.2. The maximum absolute atomic E-state index is 13.0. The van der Waals surface area contributed by atoms with Crippen LogP contribution >= 0.6 is 15.6 Å². The summed E-state index contributed by atoms with van der Waals surface area (Å²) in [6.07, 6.45) is 48.1. The van der Waals surface area contributed by atoms with Gasteiger partial charge in [0.05, 0.1) is 26.4 Å². The van der Waals surface area contributed by atoms with E-state index in [0.717, 1.165) is 115 Å². The van der Waals surface area contributed by atoms with Crippen molar-refractivity contribution in [1.29, 1.82) is 0 Å². The molecule has 0 saturated carbocycles. The largest absolute Gasteiger partial charge is 0.472 e. The fraction of sp³-hybridized carbons (Fsp3) is 0.884. The van der Waals surface area contributed by atoms with Gasteiger partial charge >= 0.3 is 39.5 Å². The standard InChI is InChI=1S/C69H130O17P2/c1-7-9-11-13-15-17-19-20-21-22-25-30-34-42-48-54-69(74)85-64(57-79-66(71)51-45-39-32-29-26-23-24-27-31-37-43-49-61(3)4)59-83-87(75,76)81-55-63(70)56-82-88(77,78)84-60-65(58-80-67(72)52-46-40-36-35-38-44-50-62(5)6)86-68(73)53-47-41-33-28-18-16-14-12-10-8-2/h17,19-21,61-65,70H,7-16,18,22-60H2,1-6H3,(H,75,76)(H,77,78)/b19-17-,21-20-/t63-,64-,65-/m1/s1. The van der Waals surface area contributed by atoms with Crippen molar-refractivity contribution < 1.29 is 80.2 Å². The molecule has 0 heterocycles. The third-order valence-electron chi connectivity index (χ3n) is 15.3. The van der Waals surface area contributed by atoms with Crippen molar-refractivity contribution >= 4 is 39.5 Å². The molecule has 3 N–H and O–H groups in total. The van der Waals surface area contributed by atoms with E-state index >= 15 is 0 Å². The average molecular weight is 1290 g/mol. The number of unbranched alkanes of at least 4 members (excludes halogenated alkanes) is 33. The zero-order chi connectivity index (χ0) is 65.0. The SMILES string of the molecule is CCCCCC/C=C\C=C/CCCCCCCC(=O)O[C@H](COC(=O)CCCCCCCCCCCCCC(C)C)COP(=O)(O)OC[C@@H](O)COP(=O)(O)OC[C@@H](COC(=O)CCCCCCCCC(C)C)OC(=O)CCCCCCCCCCCC. The number of ether oxygens (including phenoxy) is 4. The number of phosphoric ester groups is 2. The van der Waals surface area contributed by atoms with Gasteiger partial charge in [-0.25, -0.2) is 9.13 Å². The van der Waals surface area contributed by atoms with Gasteiger partial charge in [-0.15, -0.1) is 0 Å². The van der Waals surface area contributed by atoms with Gasteiger partial charge in [0.1, 0.15) is 19.3 Å². The zero-order valence-corrected chi connectivity index (χ0v) is 58.3. The lowest BCUT2D eigenvalue weighted by molar-refractivity contribution is -0.161. The second kappa shape index (κ2) is 60.8. The summed E-state index contributed by atoms with van der Waals surface area (Å²) in [5, 5.41) is 10.6. The van der Waals surface area contributed by atoms with Crippen LogP contribution in [0.15, 0.2) is 24.3 Å². The van der Waals surface area contributed by atoms with Gasteiger partial charge in [0.2, 0.25) is 0 Å². The number of hydrogen-bond donors (Lipinski definition) is 3. The molecule has 518 valence electrons. The summed E-state index contributed by atoms with van der Waals surface area (Å²) in [7, 11) is -9.91. The van der Waals surface area contributed by atoms with E-state index in [9.17, 15) is 43.2 Å². The van der Waals surface area contributed by atoms with Crippen LogP contribution in [0.2, 0.25) is 0 Å². The Morgan fingerprint density at radius 3 is 0.932 bits per heavy atom. The molecule has 0 aromatic carbocycles. The van der Waals surface area contributed by atoms with Crippen LogP contribution in [0.3, 0.4) is 0 Å². The number of aliphatic hydroxyl groups is 1. The molecular formula is C69H130O17P2. The summed E-state index contributed by atoms with van der Waals surface area (Å²) in [6.45, 7) is 9.38. The predicted molar refractivity (Wildman–Crippen MR) is 354 cm³/mol. The van der Waals surface area contributed by atoms with Crippen LogP contribution in [0.4, 0.5) is 0 Å². The van der Waals surface area contributed by atoms with Crippen LogP contribution < -0.4 is 0 Å². The normalized spacial score (nSPS) is 14.4. The molecule has 0 radical (unpaired) electrons. The second-order valence-corrected chi connectivity index (χ2v) is 28.1. The number of phosphoric acid groups is 2. The molecule has 17 nitrogen and oxygen atoms in total. The van der Waals surface area contributed by atoms with Gasteiger partial charge in [-0.3, -0.25) is 37.3 Å². The highest BCUT2D eigenvalue weighted by Crippen LogP contribution is 2.45. The number of carbonyl (C=O) groups is 4. The van der Waals surface area contributed by atoms with Crippen molar-refractivity contribution in [3.05, 3.63) is 24.3 Å². The van der Waals surface area contributed by atoms with Gasteiger partial charge in [-0.2, -0.15) is 0 Å². The molecule has 0 aromatic rings. The Morgan fingerprint density at radius 2 is 0.614 bits per heavy atom. The summed E-state index contributed by atoms with van der Waals surface area (Å²) in [5.74, 6) is -0.712. The van der Waals surface area contributed by atoms with E-state index in [1.54, 1.807) is 0 Å². The van der Waals surface area contributed by atoms with Gasteiger partial charge in [-0.05, 0) is 63.2 Å². The zero-order valence-electron chi connectivity index (χ0n) is 56.5. The number of hydrogen-bond acceptors (Lipinski definition) is 15. The molecule has 0 fully saturated rings. The summed E-state index contributed by atoms with van der Waals surface area (Å²) in [4.78, 5) is 72.4. The molecule has 0 bridgehead atoms. The molecule has 0 aliphatic rings. The van der Waals surface area contributed by atoms with Crippen molar-refractivity contribution in [3.8, 4) is 0 Å². The highest BCUT2D eigenvalue weighted by molar-refractivity contribution is 7.47. The third kappa shape index (κ3) is 62.4. The molecule has 0 saturated heterocycles. The van der Waals surface area contributed by atoms with Crippen molar-refractivity contribution in [1.82, 2.24) is 0 Å². The van der Waals surface area contributed by atoms with Crippen LogP contribution in [0.25, 0.3) is 0 Å². The summed E-state index contributed by atoms with van der Waals surface area (Å²) in [6, 6.07) is 0. The van der Waals surface area contributed by atoms with Crippen LogP contribution in [-0.4, -0.2) is 96.7 Å². The Bertz CT molecular complexity index is 1810. The molecule has 5 atom stereocenters. The van der Waals surface area contributed by atoms with Gasteiger partial charge < -0.3 is 33.8 Å². The first-order valence-corrected chi connectivity index (χ1v) is 38.3.